The molecule has 0 aromatic heterocycles. The lowest BCUT2D eigenvalue weighted by Gasteiger charge is -2.46. The lowest BCUT2D eigenvalue weighted by Crippen LogP contribution is -2.62. The highest BCUT2D eigenvalue weighted by Gasteiger charge is 2.38. The van der Waals surface area contributed by atoms with E-state index in [9.17, 15) is 9.18 Å². The van der Waals surface area contributed by atoms with E-state index in [4.69, 9.17) is 4.74 Å². The van der Waals surface area contributed by atoms with Gasteiger partial charge >= 0.3 is 0 Å². The monoisotopic (exact) mass is 370 g/mol. The van der Waals surface area contributed by atoms with E-state index < -0.39 is 5.82 Å². The number of piperidine rings is 1. The Bertz CT molecular complexity index is 802. The molecule has 0 aliphatic carbocycles. The van der Waals surface area contributed by atoms with Gasteiger partial charge in [0.25, 0.3) is 5.91 Å². The Morgan fingerprint density at radius 2 is 1.70 bits per heavy atom. The Morgan fingerprint density at radius 3 is 2.30 bits per heavy atom. The molecular weight excluding hydrogens is 343 g/mol. The van der Waals surface area contributed by atoms with Crippen LogP contribution in [0.1, 0.15) is 50.9 Å². The normalized spacial score (nSPS) is 18.7. The van der Waals surface area contributed by atoms with Crippen molar-refractivity contribution >= 4 is 5.91 Å². The van der Waals surface area contributed by atoms with Crippen molar-refractivity contribution in [3.05, 3.63) is 59.9 Å². The molecule has 1 aliphatic rings. The van der Waals surface area contributed by atoms with Gasteiger partial charge in [-0.1, -0.05) is 18.2 Å². The average Bonchev–Trinajstić information content (AvgIpc) is 2.54. The van der Waals surface area contributed by atoms with Crippen LogP contribution in [0, 0.1) is 5.82 Å². The first kappa shape index (κ1) is 19.4. The van der Waals surface area contributed by atoms with Crippen molar-refractivity contribution in [1.82, 2.24) is 10.6 Å². The van der Waals surface area contributed by atoms with Crippen LogP contribution >= 0.6 is 0 Å². The summed E-state index contributed by atoms with van der Waals surface area (Å²) in [6.07, 6.45) is 1.64. The largest absolute Gasteiger partial charge is 0.454 e. The van der Waals surface area contributed by atoms with Gasteiger partial charge < -0.3 is 15.4 Å². The van der Waals surface area contributed by atoms with Crippen molar-refractivity contribution < 1.29 is 13.9 Å². The molecule has 1 heterocycles. The first-order valence-electron chi connectivity index (χ1n) is 9.26. The first-order valence-corrected chi connectivity index (χ1v) is 9.26. The zero-order valence-electron chi connectivity index (χ0n) is 16.3. The number of carbonyl (C=O) groups excluding carboxylic acids is 1. The molecule has 2 aromatic carbocycles. The smallest absolute Gasteiger partial charge is 0.251 e. The highest BCUT2D eigenvalue weighted by molar-refractivity contribution is 5.94. The number of halogens is 1. The third kappa shape index (κ3) is 5.07. The zero-order chi connectivity index (χ0) is 19.7. The molecule has 0 spiro atoms. The van der Waals surface area contributed by atoms with Gasteiger partial charge in [-0.05, 0) is 70.9 Å². The van der Waals surface area contributed by atoms with Crippen LogP contribution in [0.4, 0.5) is 4.39 Å². The number of hydrogen-bond acceptors (Lipinski definition) is 3. The van der Waals surface area contributed by atoms with Crippen LogP contribution in [0.25, 0.3) is 0 Å². The number of nitrogens with one attached hydrogen (secondary N) is 2. The molecule has 1 amide bonds. The summed E-state index contributed by atoms with van der Waals surface area (Å²) in [5.41, 5.74) is 0.151. The standard InChI is InChI=1S/C22H27FN2O2/c1-21(2)13-16(14-22(3,4)25-21)24-20(26)15-10-11-19(18(23)12-15)27-17-8-6-5-7-9-17/h5-12,16,25H,13-14H2,1-4H3,(H,24,26). The average molecular weight is 370 g/mol. The van der Waals surface area contributed by atoms with Crippen molar-refractivity contribution in [2.75, 3.05) is 0 Å². The van der Waals surface area contributed by atoms with Gasteiger partial charge in [-0.25, -0.2) is 4.39 Å². The van der Waals surface area contributed by atoms with Crippen molar-refractivity contribution in [2.45, 2.75) is 57.7 Å². The number of rotatable bonds is 4. The number of benzene rings is 2. The molecule has 0 radical (unpaired) electrons. The van der Waals surface area contributed by atoms with Gasteiger partial charge in [0, 0.05) is 22.7 Å². The number of ether oxygens (including phenoxy) is 1. The Kier molecular flexibility index (Phi) is 5.24. The SMILES string of the molecule is CC1(C)CC(NC(=O)c2ccc(Oc3ccccc3)c(F)c2)CC(C)(C)N1. The van der Waals surface area contributed by atoms with Crippen LogP contribution in [0.2, 0.25) is 0 Å². The fourth-order valence-electron chi connectivity index (χ4n) is 4.03. The van der Waals surface area contributed by atoms with E-state index >= 15 is 0 Å². The van der Waals surface area contributed by atoms with Gasteiger partial charge in [0.2, 0.25) is 0 Å². The summed E-state index contributed by atoms with van der Waals surface area (Å²) < 4.78 is 19.9. The molecule has 144 valence electrons. The summed E-state index contributed by atoms with van der Waals surface area (Å²) in [5.74, 6) is -0.175. The maximum absolute atomic E-state index is 14.4. The van der Waals surface area contributed by atoms with Crippen LogP contribution in [-0.2, 0) is 0 Å². The fourth-order valence-corrected chi connectivity index (χ4v) is 4.03. The van der Waals surface area contributed by atoms with E-state index in [2.05, 4.69) is 38.3 Å². The summed E-state index contributed by atoms with van der Waals surface area (Å²) in [5, 5.41) is 6.64. The number of hydrogen-bond donors (Lipinski definition) is 2. The van der Waals surface area contributed by atoms with Crippen molar-refractivity contribution in [3.63, 3.8) is 0 Å². The molecular formula is C22H27FN2O2. The second-order valence-electron chi connectivity index (χ2n) is 8.53. The lowest BCUT2D eigenvalue weighted by molar-refractivity contribution is 0.0872. The Morgan fingerprint density at radius 1 is 1.07 bits per heavy atom. The second kappa shape index (κ2) is 7.31. The van der Waals surface area contributed by atoms with Crippen molar-refractivity contribution in [1.29, 1.82) is 0 Å². The molecule has 5 heteroatoms. The van der Waals surface area contributed by atoms with Gasteiger partial charge in [0.1, 0.15) is 5.75 Å². The molecule has 27 heavy (non-hydrogen) atoms. The van der Waals surface area contributed by atoms with Gasteiger partial charge in [-0.15, -0.1) is 0 Å². The quantitative estimate of drug-likeness (QED) is 0.823. The van der Waals surface area contributed by atoms with E-state index in [0.717, 1.165) is 12.8 Å². The molecule has 0 atom stereocenters. The maximum Gasteiger partial charge on any atom is 0.251 e. The van der Waals surface area contributed by atoms with Gasteiger partial charge in [0.05, 0.1) is 0 Å². The number of para-hydroxylation sites is 1. The highest BCUT2D eigenvalue weighted by Crippen LogP contribution is 2.29. The molecule has 0 saturated carbocycles. The van der Waals surface area contributed by atoms with E-state index in [1.165, 1.54) is 12.1 Å². The van der Waals surface area contributed by atoms with E-state index in [1.54, 1.807) is 18.2 Å². The minimum absolute atomic E-state index is 0.0343. The molecule has 4 nitrogen and oxygen atoms in total. The van der Waals surface area contributed by atoms with Crippen molar-refractivity contribution in [2.24, 2.45) is 0 Å². The van der Waals surface area contributed by atoms with Crippen LogP contribution in [0.15, 0.2) is 48.5 Å². The predicted molar refractivity (Wildman–Crippen MR) is 105 cm³/mol. The van der Waals surface area contributed by atoms with Crippen LogP contribution in [0.5, 0.6) is 11.5 Å². The second-order valence-corrected chi connectivity index (χ2v) is 8.53. The fraction of sp³-hybridized carbons (Fsp3) is 0.409. The molecule has 3 rings (SSSR count). The Balaban J connectivity index is 1.69. The topological polar surface area (TPSA) is 50.4 Å². The van der Waals surface area contributed by atoms with E-state index in [0.29, 0.717) is 11.3 Å². The summed E-state index contributed by atoms with van der Waals surface area (Å²) in [6, 6.07) is 13.3. The third-order valence-corrected chi connectivity index (χ3v) is 4.69. The zero-order valence-corrected chi connectivity index (χ0v) is 16.3. The number of amides is 1. The van der Waals surface area contributed by atoms with Gasteiger partial charge in [-0.2, -0.15) is 0 Å². The summed E-state index contributed by atoms with van der Waals surface area (Å²) in [7, 11) is 0. The van der Waals surface area contributed by atoms with Gasteiger partial charge in [-0.3, -0.25) is 4.79 Å². The van der Waals surface area contributed by atoms with Gasteiger partial charge in [0.15, 0.2) is 11.6 Å². The molecule has 2 N–H and O–H groups in total. The van der Waals surface area contributed by atoms with Crippen LogP contribution in [-0.4, -0.2) is 23.0 Å². The molecule has 1 saturated heterocycles. The minimum atomic E-state index is -0.558. The van der Waals surface area contributed by atoms with Crippen LogP contribution in [0.3, 0.4) is 0 Å². The van der Waals surface area contributed by atoms with E-state index in [1.807, 2.05) is 18.2 Å². The molecule has 1 fully saturated rings. The molecule has 2 aromatic rings. The molecule has 0 unspecified atom stereocenters. The predicted octanol–water partition coefficient (Wildman–Crippen LogP) is 4.66. The Labute approximate surface area is 160 Å². The van der Waals surface area contributed by atoms with Crippen molar-refractivity contribution in [3.8, 4) is 11.5 Å². The maximum atomic E-state index is 14.4. The summed E-state index contributed by atoms with van der Waals surface area (Å²) >= 11 is 0. The lowest BCUT2D eigenvalue weighted by atomic mass is 9.79. The molecule has 1 aliphatic heterocycles. The third-order valence-electron chi connectivity index (χ3n) is 4.69. The number of carbonyl (C=O) groups is 1. The first-order chi connectivity index (χ1) is 12.6. The van der Waals surface area contributed by atoms with E-state index in [-0.39, 0.29) is 28.8 Å². The minimum Gasteiger partial charge on any atom is -0.454 e. The summed E-state index contributed by atoms with van der Waals surface area (Å²) in [4.78, 5) is 12.6. The molecule has 0 bridgehead atoms. The summed E-state index contributed by atoms with van der Waals surface area (Å²) in [6.45, 7) is 8.51. The Hall–Kier alpha value is -2.40. The highest BCUT2D eigenvalue weighted by atomic mass is 19.1. The van der Waals surface area contributed by atoms with Crippen LogP contribution < -0.4 is 15.4 Å².